The van der Waals surface area contributed by atoms with Gasteiger partial charge in [0.1, 0.15) is 0 Å². The summed E-state index contributed by atoms with van der Waals surface area (Å²) in [6.07, 6.45) is -0.779. The van der Waals surface area contributed by atoms with Crippen LogP contribution in [0.15, 0.2) is 0 Å². The van der Waals surface area contributed by atoms with E-state index in [1.807, 2.05) is 0 Å². The van der Waals surface area contributed by atoms with E-state index < -0.39 is 24.0 Å². The van der Waals surface area contributed by atoms with Gasteiger partial charge in [0.25, 0.3) is 0 Å². The van der Waals surface area contributed by atoms with Gasteiger partial charge in [0.2, 0.25) is 0 Å². The fourth-order valence-corrected chi connectivity index (χ4v) is 0.494. The Kier molecular flexibility index (Phi) is 6.71. The van der Waals surface area contributed by atoms with E-state index in [4.69, 9.17) is 0 Å². The van der Waals surface area contributed by atoms with Crippen LogP contribution in [0.25, 0.3) is 0 Å². The molecule has 0 fully saturated rings. The first kappa shape index (κ1) is 14.8. The molecular formula is C5H6F3LiO4. The molecule has 0 bridgehead atoms. The molecule has 0 aromatic heterocycles. The summed E-state index contributed by atoms with van der Waals surface area (Å²) in [5, 5.41) is 0. The van der Waals surface area contributed by atoms with Gasteiger partial charge >= 0.3 is 36.5 Å². The van der Waals surface area contributed by atoms with Crippen LogP contribution in [0.2, 0.25) is 0 Å². The van der Waals surface area contributed by atoms with Gasteiger partial charge < -0.3 is 0 Å². The van der Waals surface area contributed by atoms with E-state index in [-0.39, 0.29) is 18.9 Å². The van der Waals surface area contributed by atoms with Crippen molar-refractivity contribution in [3.63, 3.8) is 0 Å². The number of carbonyl (C=O) groups is 2. The van der Waals surface area contributed by atoms with Gasteiger partial charge in [0.15, 0.2) is 0 Å². The van der Waals surface area contributed by atoms with E-state index in [2.05, 4.69) is 9.88 Å². The zero-order valence-corrected chi connectivity index (χ0v) is 5.97. The summed E-state index contributed by atoms with van der Waals surface area (Å²) < 4.78 is 35.2. The third-order valence-corrected chi connectivity index (χ3v) is 1.27. The Bertz CT molecular complexity index is 182. The molecule has 0 radical (unpaired) electrons. The standard InChI is InChI=1S/C5H5F3O4.Li.H/c1-2-5(6,3(9)11-7)4(10)12-8;;/h2H2,1H3;;. The van der Waals surface area contributed by atoms with E-state index in [1.54, 1.807) is 0 Å². The number of halogens is 3. The minimum absolute atomic E-state index is 0. The quantitative estimate of drug-likeness (QED) is 0.479. The topological polar surface area (TPSA) is 52.6 Å². The first-order valence-electron chi connectivity index (χ1n) is 2.87. The summed E-state index contributed by atoms with van der Waals surface area (Å²) in [5.41, 5.74) is -3.41. The molecule has 0 saturated carbocycles. The van der Waals surface area contributed by atoms with Gasteiger partial charge in [-0.15, -0.1) is 0 Å². The molecule has 0 aliphatic carbocycles. The van der Waals surface area contributed by atoms with Crippen molar-refractivity contribution in [2.24, 2.45) is 0 Å². The average molecular weight is 194 g/mol. The predicted octanol–water partition coefficient (Wildman–Crippen LogP) is 0.312. The van der Waals surface area contributed by atoms with Crippen molar-refractivity contribution in [1.29, 1.82) is 0 Å². The second-order valence-corrected chi connectivity index (χ2v) is 1.88. The van der Waals surface area contributed by atoms with Gasteiger partial charge in [-0.3, -0.25) is 9.88 Å². The van der Waals surface area contributed by atoms with E-state index in [0.717, 1.165) is 6.92 Å². The first-order valence-corrected chi connectivity index (χ1v) is 2.87. The summed E-state index contributed by atoms with van der Waals surface area (Å²) in [6.45, 7) is 1.02. The second kappa shape index (κ2) is 5.89. The molecule has 0 N–H and O–H groups in total. The zero-order valence-electron chi connectivity index (χ0n) is 5.97. The summed E-state index contributed by atoms with van der Waals surface area (Å²) in [4.78, 5) is 25.3. The molecule has 0 heterocycles. The number of carbonyl (C=O) groups excluding carboxylic acids is 2. The maximum atomic E-state index is 12.9. The molecule has 0 aliphatic rings. The molecule has 0 atom stereocenters. The molecule has 0 spiro atoms. The Balaban J connectivity index is 0. The van der Waals surface area contributed by atoms with E-state index in [9.17, 15) is 23.0 Å². The molecule has 0 rings (SSSR count). The van der Waals surface area contributed by atoms with Crippen LogP contribution >= 0.6 is 0 Å². The van der Waals surface area contributed by atoms with Gasteiger partial charge in [-0.25, -0.2) is 14.0 Å². The fourth-order valence-electron chi connectivity index (χ4n) is 0.494. The van der Waals surface area contributed by atoms with Crippen molar-refractivity contribution in [2.45, 2.75) is 19.0 Å². The normalized spacial score (nSPS) is 9.85. The van der Waals surface area contributed by atoms with Crippen LogP contribution in [0.4, 0.5) is 13.4 Å². The molecule has 0 amide bonds. The third kappa shape index (κ3) is 2.93. The van der Waals surface area contributed by atoms with Crippen molar-refractivity contribution in [2.75, 3.05) is 0 Å². The summed E-state index contributed by atoms with van der Waals surface area (Å²) >= 11 is 0. The van der Waals surface area contributed by atoms with E-state index in [0.29, 0.717) is 0 Å². The van der Waals surface area contributed by atoms with Crippen LogP contribution in [-0.2, 0) is 19.5 Å². The Morgan fingerprint density at radius 3 is 1.69 bits per heavy atom. The Morgan fingerprint density at radius 1 is 1.23 bits per heavy atom. The van der Waals surface area contributed by atoms with Crippen molar-refractivity contribution >= 4 is 30.8 Å². The maximum absolute atomic E-state index is 12.9. The molecular weight excluding hydrogens is 188 g/mol. The van der Waals surface area contributed by atoms with Crippen molar-refractivity contribution in [3.05, 3.63) is 0 Å². The van der Waals surface area contributed by atoms with Gasteiger partial charge in [-0.2, -0.15) is 0 Å². The van der Waals surface area contributed by atoms with Crippen LogP contribution in [0.5, 0.6) is 0 Å². The van der Waals surface area contributed by atoms with Crippen LogP contribution in [0, 0.1) is 0 Å². The van der Waals surface area contributed by atoms with Crippen LogP contribution in [0.3, 0.4) is 0 Å². The molecule has 0 unspecified atom stereocenters. The van der Waals surface area contributed by atoms with Crippen molar-refractivity contribution in [1.82, 2.24) is 0 Å². The molecule has 0 aliphatic heterocycles. The monoisotopic (exact) mass is 194 g/mol. The fraction of sp³-hybridized carbons (Fsp3) is 0.600. The zero-order chi connectivity index (χ0) is 9.78. The molecule has 4 nitrogen and oxygen atoms in total. The molecule has 0 aromatic carbocycles. The molecule has 8 heteroatoms. The van der Waals surface area contributed by atoms with E-state index in [1.165, 1.54) is 0 Å². The summed E-state index contributed by atoms with van der Waals surface area (Å²) in [5.74, 6) is -4.26. The number of hydrogen-bond donors (Lipinski definition) is 0. The first-order chi connectivity index (χ1) is 5.52. The summed E-state index contributed by atoms with van der Waals surface area (Å²) in [7, 11) is 0. The number of rotatable bonds is 3. The third-order valence-electron chi connectivity index (χ3n) is 1.27. The van der Waals surface area contributed by atoms with E-state index >= 15 is 0 Å². The summed E-state index contributed by atoms with van der Waals surface area (Å²) in [6, 6.07) is 0. The molecule has 72 valence electrons. The van der Waals surface area contributed by atoms with Gasteiger partial charge in [-0.1, -0.05) is 6.92 Å². The number of alkyl halides is 1. The number of hydrogen-bond acceptors (Lipinski definition) is 4. The second-order valence-electron chi connectivity index (χ2n) is 1.88. The van der Waals surface area contributed by atoms with Crippen LogP contribution in [-0.4, -0.2) is 36.5 Å². The Labute approximate surface area is 83.3 Å². The molecule has 0 saturated heterocycles. The molecule has 13 heavy (non-hydrogen) atoms. The van der Waals surface area contributed by atoms with Crippen LogP contribution < -0.4 is 0 Å². The van der Waals surface area contributed by atoms with Gasteiger partial charge in [0.05, 0.1) is 0 Å². The minimum atomic E-state index is -3.41. The molecule has 0 aromatic rings. The average Bonchev–Trinajstić information content (AvgIpc) is 2.13. The predicted molar refractivity (Wildman–Crippen MR) is 35.7 cm³/mol. The van der Waals surface area contributed by atoms with Crippen LogP contribution in [0.1, 0.15) is 13.3 Å². The van der Waals surface area contributed by atoms with Crippen molar-refractivity contribution in [3.8, 4) is 0 Å². The Hall–Kier alpha value is -0.673. The van der Waals surface area contributed by atoms with Gasteiger partial charge in [0, 0.05) is 15.5 Å². The van der Waals surface area contributed by atoms with Crippen molar-refractivity contribution < 1.29 is 32.9 Å². The van der Waals surface area contributed by atoms with Gasteiger partial charge in [-0.05, 0) is 0 Å². The Morgan fingerprint density at radius 2 is 1.54 bits per heavy atom. The SMILES string of the molecule is CCC(F)(C(=O)OF)C(=O)OF.[LiH].